The minimum atomic E-state index is -0.380. The summed E-state index contributed by atoms with van der Waals surface area (Å²) in [5.74, 6) is 1.07. The number of halogens is 1. The monoisotopic (exact) mass is 458 g/mol. The smallest absolute Gasteiger partial charge is 0.355 e. The van der Waals surface area contributed by atoms with Gasteiger partial charge in [-0.05, 0) is 73.9 Å². The van der Waals surface area contributed by atoms with Crippen LogP contribution in [0.1, 0.15) is 68.7 Å². The molecule has 1 unspecified atom stereocenters. The molecule has 0 radical (unpaired) electrons. The van der Waals surface area contributed by atoms with Crippen LogP contribution in [-0.4, -0.2) is 12.6 Å². The van der Waals surface area contributed by atoms with Gasteiger partial charge in [-0.1, -0.05) is 32.8 Å². The molecule has 0 spiro atoms. The summed E-state index contributed by atoms with van der Waals surface area (Å²) in [7, 11) is 0. The quantitative estimate of drug-likeness (QED) is 0.206. The number of ether oxygens (including phenoxy) is 1. The molecular formula is C26H31FO4S. The van der Waals surface area contributed by atoms with E-state index in [-0.39, 0.29) is 11.8 Å². The largest absolute Gasteiger partial charge is 0.494 e. The molecule has 0 fully saturated rings. The van der Waals surface area contributed by atoms with Crippen molar-refractivity contribution < 1.29 is 23.7 Å². The fourth-order valence-electron chi connectivity index (χ4n) is 3.57. The standard InChI is InChI=1S/C26H31FO4S/c1-4-6-8-19(24-16-20-9-10-21(27)17-25(20)32-24)13-14-29-22-11-12-23(18(3)15-22)30-31-26(28)7-5-2/h9-12,15-17,19H,4-8,13-14H2,1-3H3. The first-order valence-corrected chi connectivity index (χ1v) is 12.1. The zero-order valence-electron chi connectivity index (χ0n) is 19.0. The number of fused-ring (bicyclic) bond motifs is 1. The van der Waals surface area contributed by atoms with Gasteiger partial charge >= 0.3 is 5.97 Å². The summed E-state index contributed by atoms with van der Waals surface area (Å²) >= 11 is 1.68. The van der Waals surface area contributed by atoms with Crippen molar-refractivity contribution in [2.24, 2.45) is 0 Å². The average Bonchev–Trinajstić information content (AvgIpc) is 3.18. The van der Waals surface area contributed by atoms with Gasteiger partial charge in [-0.15, -0.1) is 11.3 Å². The highest BCUT2D eigenvalue weighted by Gasteiger charge is 2.16. The predicted molar refractivity (Wildman–Crippen MR) is 127 cm³/mol. The van der Waals surface area contributed by atoms with E-state index in [1.807, 2.05) is 32.0 Å². The molecule has 0 amide bonds. The molecule has 1 atom stereocenters. The first kappa shape index (κ1) is 24.1. The van der Waals surface area contributed by atoms with Crippen molar-refractivity contribution in [1.82, 2.24) is 0 Å². The SMILES string of the molecule is CCCCC(CCOc1ccc(OOC(=O)CCC)c(C)c1)c1cc2ccc(F)cc2s1. The van der Waals surface area contributed by atoms with Crippen molar-refractivity contribution in [3.05, 3.63) is 58.7 Å². The molecule has 172 valence electrons. The number of hydrogen-bond acceptors (Lipinski definition) is 5. The Morgan fingerprint density at radius 2 is 1.91 bits per heavy atom. The topological polar surface area (TPSA) is 44.8 Å². The van der Waals surface area contributed by atoms with Gasteiger partial charge in [0, 0.05) is 21.6 Å². The molecule has 1 heterocycles. The first-order chi connectivity index (χ1) is 15.5. The van der Waals surface area contributed by atoms with E-state index in [0.717, 1.165) is 47.1 Å². The zero-order chi connectivity index (χ0) is 22.9. The number of aryl methyl sites for hydroxylation is 1. The second kappa shape index (κ2) is 11.9. The summed E-state index contributed by atoms with van der Waals surface area (Å²) in [6.45, 7) is 6.57. The van der Waals surface area contributed by atoms with Crippen molar-refractivity contribution in [3.63, 3.8) is 0 Å². The first-order valence-electron chi connectivity index (χ1n) is 11.3. The maximum Gasteiger partial charge on any atom is 0.355 e. The van der Waals surface area contributed by atoms with Gasteiger partial charge < -0.3 is 4.74 Å². The number of unbranched alkanes of at least 4 members (excludes halogenated alkanes) is 1. The molecule has 0 aliphatic heterocycles. The van der Waals surface area contributed by atoms with Crippen molar-refractivity contribution in [3.8, 4) is 11.5 Å². The highest BCUT2D eigenvalue weighted by Crippen LogP contribution is 2.36. The predicted octanol–water partition coefficient (Wildman–Crippen LogP) is 7.73. The van der Waals surface area contributed by atoms with Crippen molar-refractivity contribution in [1.29, 1.82) is 0 Å². The lowest BCUT2D eigenvalue weighted by atomic mass is 9.97. The van der Waals surface area contributed by atoms with E-state index in [1.165, 1.54) is 10.9 Å². The lowest BCUT2D eigenvalue weighted by Crippen LogP contribution is -2.08. The molecule has 4 nitrogen and oxygen atoms in total. The van der Waals surface area contributed by atoms with Crippen LogP contribution >= 0.6 is 11.3 Å². The van der Waals surface area contributed by atoms with Crippen LogP contribution < -0.4 is 9.62 Å². The van der Waals surface area contributed by atoms with Gasteiger partial charge in [0.15, 0.2) is 5.75 Å². The highest BCUT2D eigenvalue weighted by molar-refractivity contribution is 7.19. The van der Waals surface area contributed by atoms with Crippen molar-refractivity contribution >= 4 is 27.4 Å². The lowest BCUT2D eigenvalue weighted by molar-refractivity contribution is -0.214. The van der Waals surface area contributed by atoms with E-state index in [4.69, 9.17) is 14.5 Å². The molecule has 0 aliphatic rings. The van der Waals surface area contributed by atoms with Gasteiger partial charge in [0.05, 0.1) is 6.61 Å². The van der Waals surface area contributed by atoms with Crippen LogP contribution in [0.2, 0.25) is 0 Å². The maximum atomic E-state index is 13.6. The molecule has 0 saturated heterocycles. The second-order valence-corrected chi connectivity index (χ2v) is 9.14. The Hall–Kier alpha value is -2.60. The zero-order valence-corrected chi connectivity index (χ0v) is 19.8. The Morgan fingerprint density at radius 1 is 1.06 bits per heavy atom. The molecule has 0 aliphatic carbocycles. The van der Waals surface area contributed by atoms with Crippen LogP contribution in [0.5, 0.6) is 11.5 Å². The van der Waals surface area contributed by atoms with Gasteiger partial charge in [0.1, 0.15) is 11.6 Å². The Bertz CT molecular complexity index is 1030. The number of carbonyl (C=O) groups is 1. The van der Waals surface area contributed by atoms with Crippen LogP contribution in [0.25, 0.3) is 10.1 Å². The van der Waals surface area contributed by atoms with Crippen LogP contribution in [0.3, 0.4) is 0 Å². The van der Waals surface area contributed by atoms with E-state index in [1.54, 1.807) is 23.5 Å². The van der Waals surface area contributed by atoms with Crippen LogP contribution in [0, 0.1) is 12.7 Å². The molecule has 0 N–H and O–H groups in total. The van der Waals surface area contributed by atoms with E-state index >= 15 is 0 Å². The summed E-state index contributed by atoms with van der Waals surface area (Å²) in [4.78, 5) is 22.7. The summed E-state index contributed by atoms with van der Waals surface area (Å²) in [5, 5.41) is 1.10. The normalized spacial score (nSPS) is 12.0. The number of benzene rings is 2. The molecular weight excluding hydrogens is 427 g/mol. The maximum absolute atomic E-state index is 13.6. The molecule has 32 heavy (non-hydrogen) atoms. The number of hydrogen-bond donors (Lipinski definition) is 0. The molecule has 6 heteroatoms. The van der Waals surface area contributed by atoms with Gasteiger partial charge in [-0.3, -0.25) is 9.78 Å². The third-order valence-electron chi connectivity index (χ3n) is 5.37. The number of carbonyl (C=O) groups excluding carboxylic acids is 1. The minimum Gasteiger partial charge on any atom is -0.494 e. The van der Waals surface area contributed by atoms with Gasteiger partial charge in [-0.25, -0.2) is 9.18 Å². The summed E-state index contributed by atoms with van der Waals surface area (Å²) in [6, 6.07) is 12.6. The summed E-state index contributed by atoms with van der Waals surface area (Å²) in [5.41, 5.74) is 0.834. The number of thiophene rings is 1. The molecule has 2 aromatic carbocycles. The summed E-state index contributed by atoms with van der Waals surface area (Å²) < 4.78 is 20.6. The molecule has 0 saturated carbocycles. The fraction of sp³-hybridized carbons (Fsp3) is 0.423. The Morgan fingerprint density at radius 3 is 2.66 bits per heavy atom. The summed E-state index contributed by atoms with van der Waals surface area (Å²) in [6.07, 6.45) is 5.31. The Kier molecular flexibility index (Phi) is 8.91. The molecule has 3 aromatic rings. The van der Waals surface area contributed by atoms with E-state index in [9.17, 15) is 9.18 Å². The fourth-order valence-corrected chi connectivity index (χ4v) is 4.83. The Labute approximate surface area is 193 Å². The lowest BCUT2D eigenvalue weighted by Gasteiger charge is -2.16. The molecule has 0 bridgehead atoms. The minimum absolute atomic E-state index is 0.192. The van der Waals surface area contributed by atoms with Gasteiger partial charge in [0.2, 0.25) is 0 Å². The van der Waals surface area contributed by atoms with Gasteiger partial charge in [-0.2, -0.15) is 0 Å². The van der Waals surface area contributed by atoms with Gasteiger partial charge in [0.25, 0.3) is 0 Å². The van der Waals surface area contributed by atoms with E-state index in [2.05, 4.69) is 13.0 Å². The molecule has 1 aromatic heterocycles. The Balaban J connectivity index is 1.59. The second-order valence-electron chi connectivity index (χ2n) is 8.02. The average molecular weight is 459 g/mol. The van der Waals surface area contributed by atoms with Crippen molar-refractivity contribution in [2.45, 2.75) is 65.2 Å². The van der Waals surface area contributed by atoms with E-state index < -0.39 is 0 Å². The number of rotatable bonds is 12. The highest BCUT2D eigenvalue weighted by atomic mass is 32.1. The van der Waals surface area contributed by atoms with Crippen LogP contribution in [0.15, 0.2) is 42.5 Å². The van der Waals surface area contributed by atoms with Crippen molar-refractivity contribution in [2.75, 3.05) is 6.61 Å². The van der Waals surface area contributed by atoms with E-state index in [0.29, 0.717) is 31.1 Å². The third-order valence-corrected chi connectivity index (χ3v) is 6.63. The third kappa shape index (κ3) is 6.70. The van der Waals surface area contributed by atoms with Crippen LogP contribution in [-0.2, 0) is 9.68 Å². The van der Waals surface area contributed by atoms with Crippen LogP contribution in [0.4, 0.5) is 4.39 Å². The molecule has 3 rings (SSSR count).